The minimum atomic E-state index is -0.131. The van der Waals surface area contributed by atoms with Crippen molar-refractivity contribution in [1.82, 2.24) is 5.32 Å². The van der Waals surface area contributed by atoms with Crippen molar-refractivity contribution in [3.63, 3.8) is 0 Å². The van der Waals surface area contributed by atoms with E-state index in [2.05, 4.69) is 42.0 Å². The van der Waals surface area contributed by atoms with E-state index < -0.39 is 0 Å². The summed E-state index contributed by atoms with van der Waals surface area (Å²) in [4.78, 5) is 12.2. The molecule has 1 aromatic rings. The first-order chi connectivity index (χ1) is 8.79. The van der Waals surface area contributed by atoms with Gasteiger partial charge in [0, 0.05) is 18.2 Å². The minimum absolute atomic E-state index is 0.0686. The molecule has 5 heteroatoms. The van der Waals surface area contributed by atoms with Gasteiger partial charge in [0.05, 0.1) is 11.6 Å². The standard InChI is InChI=1S/C14H21BrN2O2/c1-14(2,3)12(8-16)17-13(18)9-5-6-11(19-4)10(15)7-9/h5-7,12H,8,16H2,1-4H3,(H,17,18). The molecule has 0 aliphatic carbocycles. The first-order valence-corrected chi connectivity index (χ1v) is 6.93. The van der Waals surface area contributed by atoms with Gasteiger partial charge in [0.25, 0.3) is 5.91 Å². The van der Waals surface area contributed by atoms with Crippen LogP contribution in [0.3, 0.4) is 0 Å². The summed E-state index contributed by atoms with van der Waals surface area (Å²) in [5.41, 5.74) is 6.22. The summed E-state index contributed by atoms with van der Waals surface area (Å²) in [6.07, 6.45) is 0. The number of rotatable bonds is 4. The number of amides is 1. The van der Waals surface area contributed by atoms with Crippen molar-refractivity contribution < 1.29 is 9.53 Å². The molecule has 19 heavy (non-hydrogen) atoms. The van der Waals surface area contributed by atoms with Gasteiger partial charge in [-0.05, 0) is 39.5 Å². The molecule has 1 aromatic carbocycles. The average molecular weight is 329 g/mol. The second-order valence-corrected chi connectivity index (χ2v) is 6.33. The van der Waals surface area contributed by atoms with E-state index in [0.717, 1.165) is 4.47 Å². The summed E-state index contributed by atoms with van der Waals surface area (Å²) < 4.78 is 5.89. The zero-order chi connectivity index (χ0) is 14.6. The van der Waals surface area contributed by atoms with Crippen LogP contribution in [0.2, 0.25) is 0 Å². The molecular formula is C14H21BrN2O2. The predicted octanol–water partition coefficient (Wildman–Crippen LogP) is 2.56. The van der Waals surface area contributed by atoms with E-state index in [1.54, 1.807) is 25.3 Å². The summed E-state index contributed by atoms with van der Waals surface area (Å²) in [6, 6.07) is 5.16. The Morgan fingerprint density at radius 1 is 1.47 bits per heavy atom. The largest absolute Gasteiger partial charge is 0.496 e. The maximum absolute atomic E-state index is 12.2. The molecule has 0 aliphatic heterocycles. The van der Waals surface area contributed by atoms with E-state index in [4.69, 9.17) is 10.5 Å². The van der Waals surface area contributed by atoms with Crippen LogP contribution in [0.1, 0.15) is 31.1 Å². The molecule has 106 valence electrons. The number of carbonyl (C=O) groups excluding carboxylic acids is 1. The molecule has 1 amide bonds. The molecule has 1 rings (SSSR count). The molecule has 0 aliphatic rings. The first-order valence-electron chi connectivity index (χ1n) is 6.14. The quantitative estimate of drug-likeness (QED) is 0.892. The second kappa shape index (κ2) is 6.39. The number of halogens is 1. The van der Waals surface area contributed by atoms with Crippen LogP contribution in [0.15, 0.2) is 22.7 Å². The Kier molecular flexibility index (Phi) is 5.38. The molecule has 3 N–H and O–H groups in total. The van der Waals surface area contributed by atoms with E-state index in [0.29, 0.717) is 17.9 Å². The van der Waals surface area contributed by atoms with Gasteiger partial charge in [-0.15, -0.1) is 0 Å². The lowest BCUT2D eigenvalue weighted by molar-refractivity contribution is 0.0905. The van der Waals surface area contributed by atoms with Crippen molar-refractivity contribution in [1.29, 1.82) is 0 Å². The van der Waals surface area contributed by atoms with Gasteiger partial charge in [0.2, 0.25) is 0 Å². The summed E-state index contributed by atoms with van der Waals surface area (Å²) in [5.74, 6) is 0.566. The monoisotopic (exact) mass is 328 g/mol. The van der Waals surface area contributed by atoms with Gasteiger partial charge in [0.15, 0.2) is 0 Å². The Hall–Kier alpha value is -1.07. The number of benzene rings is 1. The summed E-state index contributed by atoms with van der Waals surface area (Å²) in [7, 11) is 1.59. The highest BCUT2D eigenvalue weighted by molar-refractivity contribution is 9.10. The van der Waals surface area contributed by atoms with Crippen LogP contribution in [-0.4, -0.2) is 25.6 Å². The molecule has 0 saturated carbocycles. The molecule has 4 nitrogen and oxygen atoms in total. The van der Waals surface area contributed by atoms with Crippen LogP contribution < -0.4 is 15.8 Å². The first kappa shape index (κ1) is 16.0. The van der Waals surface area contributed by atoms with Crippen molar-refractivity contribution >= 4 is 21.8 Å². The van der Waals surface area contributed by atoms with Gasteiger partial charge in [-0.3, -0.25) is 4.79 Å². The fourth-order valence-corrected chi connectivity index (χ4v) is 2.22. The Morgan fingerprint density at radius 2 is 2.11 bits per heavy atom. The van der Waals surface area contributed by atoms with Crippen LogP contribution in [0.25, 0.3) is 0 Å². The molecule has 0 bridgehead atoms. The highest BCUT2D eigenvalue weighted by Crippen LogP contribution is 2.26. The van der Waals surface area contributed by atoms with E-state index in [1.165, 1.54) is 0 Å². The Labute approximate surface area is 122 Å². The summed E-state index contributed by atoms with van der Waals surface area (Å²) in [6.45, 7) is 6.56. The maximum Gasteiger partial charge on any atom is 0.251 e. The molecule has 0 heterocycles. The van der Waals surface area contributed by atoms with Gasteiger partial charge >= 0.3 is 0 Å². The van der Waals surface area contributed by atoms with E-state index in [9.17, 15) is 4.79 Å². The molecule has 1 unspecified atom stereocenters. The number of nitrogens with one attached hydrogen (secondary N) is 1. The highest BCUT2D eigenvalue weighted by Gasteiger charge is 2.25. The molecule has 1 atom stereocenters. The fourth-order valence-electron chi connectivity index (χ4n) is 1.68. The molecule has 0 radical (unpaired) electrons. The third-order valence-corrected chi connectivity index (χ3v) is 3.62. The predicted molar refractivity (Wildman–Crippen MR) is 80.5 cm³/mol. The van der Waals surface area contributed by atoms with Crippen LogP contribution in [0.4, 0.5) is 0 Å². The van der Waals surface area contributed by atoms with Crippen molar-refractivity contribution in [3.8, 4) is 5.75 Å². The van der Waals surface area contributed by atoms with Gasteiger partial charge in [-0.1, -0.05) is 20.8 Å². The maximum atomic E-state index is 12.2. The second-order valence-electron chi connectivity index (χ2n) is 5.48. The number of hydrogen-bond donors (Lipinski definition) is 2. The number of carbonyl (C=O) groups is 1. The SMILES string of the molecule is COc1ccc(C(=O)NC(CN)C(C)(C)C)cc1Br. The van der Waals surface area contributed by atoms with Crippen molar-refractivity contribution in [2.45, 2.75) is 26.8 Å². The van der Waals surface area contributed by atoms with E-state index in [1.807, 2.05) is 0 Å². The summed E-state index contributed by atoms with van der Waals surface area (Å²) >= 11 is 3.37. The molecule has 0 fully saturated rings. The average Bonchev–Trinajstić information content (AvgIpc) is 2.34. The lowest BCUT2D eigenvalue weighted by Gasteiger charge is -2.30. The van der Waals surface area contributed by atoms with Crippen molar-refractivity contribution in [3.05, 3.63) is 28.2 Å². The topological polar surface area (TPSA) is 64.3 Å². The van der Waals surface area contributed by atoms with Crippen molar-refractivity contribution in [2.75, 3.05) is 13.7 Å². The Morgan fingerprint density at radius 3 is 2.53 bits per heavy atom. The third-order valence-electron chi connectivity index (χ3n) is 3.00. The van der Waals surface area contributed by atoms with Gasteiger partial charge in [-0.25, -0.2) is 0 Å². The zero-order valence-electron chi connectivity index (χ0n) is 11.8. The third kappa shape index (κ3) is 4.21. The normalized spacial score (nSPS) is 12.9. The molecule has 0 saturated heterocycles. The number of nitrogens with two attached hydrogens (primary N) is 1. The smallest absolute Gasteiger partial charge is 0.251 e. The number of hydrogen-bond acceptors (Lipinski definition) is 3. The van der Waals surface area contributed by atoms with Crippen LogP contribution in [-0.2, 0) is 0 Å². The zero-order valence-corrected chi connectivity index (χ0v) is 13.4. The van der Waals surface area contributed by atoms with Crippen LogP contribution in [0, 0.1) is 5.41 Å². The Bertz CT molecular complexity index is 455. The number of ether oxygens (including phenoxy) is 1. The lowest BCUT2D eigenvalue weighted by Crippen LogP contribution is -2.48. The van der Waals surface area contributed by atoms with E-state index >= 15 is 0 Å². The van der Waals surface area contributed by atoms with Gasteiger partial charge in [-0.2, -0.15) is 0 Å². The van der Waals surface area contributed by atoms with E-state index in [-0.39, 0.29) is 17.4 Å². The van der Waals surface area contributed by atoms with Crippen LogP contribution in [0.5, 0.6) is 5.75 Å². The molecule has 0 spiro atoms. The van der Waals surface area contributed by atoms with Crippen LogP contribution >= 0.6 is 15.9 Å². The number of methoxy groups -OCH3 is 1. The van der Waals surface area contributed by atoms with Gasteiger partial charge in [0.1, 0.15) is 5.75 Å². The molecular weight excluding hydrogens is 308 g/mol. The fraction of sp³-hybridized carbons (Fsp3) is 0.500. The highest BCUT2D eigenvalue weighted by atomic mass is 79.9. The minimum Gasteiger partial charge on any atom is -0.496 e. The van der Waals surface area contributed by atoms with Gasteiger partial charge < -0.3 is 15.8 Å². The molecule has 0 aromatic heterocycles. The Balaban J connectivity index is 2.86. The lowest BCUT2D eigenvalue weighted by atomic mass is 9.86. The summed E-state index contributed by atoms with van der Waals surface area (Å²) in [5, 5.41) is 2.96. The van der Waals surface area contributed by atoms with Crippen molar-refractivity contribution in [2.24, 2.45) is 11.1 Å².